The van der Waals surface area contributed by atoms with E-state index in [1.807, 2.05) is 11.0 Å². The fourth-order valence-corrected chi connectivity index (χ4v) is 5.30. The standard InChI is InChI=1S/C25H23F2N3O2/c1-14-18(5-3-6-19(14)27)22(16-8-10-17(26)11-9-16)24-20-7-4-12-29(20)25(32)23-15(2)21(31)13-28-30(23)24/h3,5-6,8-11,13,20,22,24H,4,7,12H2,1-2H3/t20-,22-,24-/m1/s1. The topological polar surface area (TPSA) is 55.2 Å². The van der Waals surface area contributed by atoms with Crippen LogP contribution in [0.15, 0.2) is 53.5 Å². The maximum Gasteiger partial charge on any atom is 0.272 e. The maximum atomic E-state index is 14.6. The maximum absolute atomic E-state index is 14.6. The number of hydrogen-bond acceptors (Lipinski definition) is 3. The first-order valence-electron chi connectivity index (χ1n) is 10.8. The van der Waals surface area contributed by atoms with Crippen LogP contribution in [0.4, 0.5) is 8.78 Å². The second-order valence-corrected chi connectivity index (χ2v) is 8.61. The SMILES string of the molecule is Cc1c(F)cccc1[C@@H](c1ccc(F)cc1)[C@H]1[C@H]2CCCN2C(=O)c2c(C)c(=O)cnn21. The predicted molar refractivity (Wildman–Crippen MR) is 116 cm³/mol. The van der Waals surface area contributed by atoms with Gasteiger partial charge in [0.1, 0.15) is 17.3 Å². The number of rotatable bonds is 3. The van der Waals surface area contributed by atoms with Crippen molar-refractivity contribution < 1.29 is 13.6 Å². The van der Waals surface area contributed by atoms with Gasteiger partial charge in [-0.15, -0.1) is 0 Å². The fraction of sp³-hybridized carbons (Fsp3) is 0.320. The molecule has 0 aliphatic carbocycles. The summed E-state index contributed by atoms with van der Waals surface area (Å²) in [5, 5.41) is 4.40. The molecule has 3 aromatic rings. The minimum atomic E-state index is -0.391. The first-order chi connectivity index (χ1) is 15.4. The zero-order valence-electron chi connectivity index (χ0n) is 17.9. The number of hydrogen-bond donors (Lipinski definition) is 0. The van der Waals surface area contributed by atoms with Crippen molar-refractivity contribution in [2.45, 2.75) is 44.7 Å². The van der Waals surface area contributed by atoms with E-state index in [1.54, 1.807) is 36.7 Å². The lowest BCUT2D eigenvalue weighted by atomic mass is 9.78. The van der Waals surface area contributed by atoms with Crippen molar-refractivity contribution in [2.75, 3.05) is 6.54 Å². The van der Waals surface area contributed by atoms with Crippen LogP contribution in [-0.4, -0.2) is 33.2 Å². The Morgan fingerprint density at radius 2 is 1.78 bits per heavy atom. The molecule has 2 aromatic carbocycles. The average molecular weight is 435 g/mol. The van der Waals surface area contributed by atoms with Crippen molar-refractivity contribution in [3.05, 3.63) is 98.5 Å². The fourth-order valence-electron chi connectivity index (χ4n) is 5.30. The van der Waals surface area contributed by atoms with Crippen LogP contribution >= 0.6 is 0 Å². The van der Waals surface area contributed by atoms with Crippen LogP contribution in [0.1, 0.15) is 57.5 Å². The third-order valence-electron chi connectivity index (χ3n) is 6.91. The molecule has 2 aliphatic heterocycles. The molecule has 0 spiro atoms. The zero-order valence-corrected chi connectivity index (χ0v) is 17.9. The largest absolute Gasteiger partial charge is 0.332 e. The molecule has 1 aromatic heterocycles. The van der Waals surface area contributed by atoms with Gasteiger partial charge in [0.25, 0.3) is 5.91 Å². The Bertz CT molecular complexity index is 1270. The van der Waals surface area contributed by atoms with Gasteiger partial charge < -0.3 is 4.90 Å². The number of nitrogens with zero attached hydrogens (tertiary/aromatic N) is 3. The smallest absolute Gasteiger partial charge is 0.272 e. The predicted octanol–water partition coefficient (Wildman–Crippen LogP) is 4.13. The molecule has 0 bridgehead atoms. The lowest BCUT2D eigenvalue weighted by molar-refractivity contribution is 0.0570. The molecule has 1 amide bonds. The minimum absolute atomic E-state index is 0.165. The van der Waals surface area contributed by atoms with Gasteiger partial charge in [-0.3, -0.25) is 14.3 Å². The molecule has 0 saturated carbocycles. The molecular formula is C25H23F2N3O2. The third kappa shape index (κ3) is 3.06. The molecule has 0 N–H and O–H groups in total. The summed E-state index contributed by atoms with van der Waals surface area (Å²) in [4.78, 5) is 27.5. The summed E-state index contributed by atoms with van der Waals surface area (Å²) in [7, 11) is 0. The van der Waals surface area contributed by atoms with Crippen LogP contribution < -0.4 is 5.43 Å². The summed E-state index contributed by atoms with van der Waals surface area (Å²) in [5.41, 5.74) is 2.40. The molecule has 5 rings (SSSR count). The molecule has 3 heterocycles. The Balaban J connectivity index is 1.81. The van der Waals surface area contributed by atoms with Crippen molar-refractivity contribution in [3.63, 3.8) is 0 Å². The Morgan fingerprint density at radius 1 is 1.03 bits per heavy atom. The first kappa shape index (κ1) is 20.5. The lowest BCUT2D eigenvalue weighted by Crippen LogP contribution is -2.51. The van der Waals surface area contributed by atoms with Gasteiger partial charge in [-0.25, -0.2) is 8.78 Å². The van der Waals surface area contributed by atoms with E-state index in [9.17, 15) is 18.4 Å². The number of benzene rings is 2. The highest BCUT2D eigenvalue weighted by molar-refractivity contribution is 5.95. The van der Waals surface area contributed by atoms with E-state index in [0.29, 0.717) is 17.7 Å². The van der Waals surface area contributed by atoms with Crippen molar-refractivity contribution >= 4 is 5.91 Å². The number of fused-ring (bicyclic) bond motifs is 2. The monoisotopic (exact) mass is 435 g/mol. The molecule has 0 radical (unpaired) electrons. The Hall–Kier alpha value is -3.35. The molecule has 1 fully saturated rings. The third-order valence-corrected chi connectivity index (χ3v) is 6.91. The lowest BCUT2D eigenvalue weighted by Gasteiger charge is -2.43. The van der Waals surface area contributed by atoms with Gasteiger partial charge in [-0.05, 0) is 61.6 Å². The van der Waals surface area contributed by atoms with Crippen molar-refractivity contribution in [1.29, 1.82) is 0 Å². The molecule has 3 atom stereocenters. The van der Waals surface area contributed by atoms with Gasteiger partial charge >= 0.3 is 0 Å². The first-order valence-corrected chi connectivity index (χ1v) is 10.8. The summed E-state index contributed by atoms with van der Waals surface area (Å²) >= 11 is 0. The number of halogens is 2. The summed E-state index contributed by atoms with van der Waals surface area (Å²) in [5.74, 6) is -1.27. The van der Waals surface area contributed by atoms with E-state index in [4.69, 9.17) is 0 Å². The van der Waals surface area contributed by atoms with E-state index < -0.39 is 5.92 Å². The van der Waals surface area contributed by atoms with Crippen molar-refractivity contribution in [3.8, 4) is 0 Å². The highest BCUT2D eigenvalue weighted by atomic mass is 19.1. The number of amides is 1. The summed E-state index contributed by atoms with van der Waals surface area (Å²) in [6.07, 6.45) is 2.85. The van der Waals surface area contributed by atoms with Gasteiger partial charge in [0.2, 0.25) is 5.43 Å². The minimum Gasteiger partial charge on any atom is -0.332 e. The van der Waals surface area contributed by atoms with E-state index in [1.165, 1.54) is 24.4 Å². The van der Waals surface area contributed by atoms with Gasteiger partial charge in [0.15, 0.2) is 0 Å². The van der Waals surface area contributed by atoms with E-state index >= 15 is 0 Å². The Labute approximate surface area is 184 Å². The molecular weight excluding hydrogens is 412 g/mol. The molecule has 7 heteroatoms. The molecule has 5 nitrogen and oxygen atoms in total. The summed E-state index contributed by atoms with van der Waals surface area (Å²) < 4.78 is 30.1. The van der Waals surface area contributed by atoms with Crippen molar-refractivity contribution in [2.24, 2.45) is 0 Å². The van der Waals surface area contributed by atoms with E-state index in [2.05, 4.69) is 5.10 Å². The van der Waals surface area contributed by atoms with Gasteiger partial charge in [-0.2, -0.15) is 5.10 Å². The zero-order chi connectivity index (χ0) is 22.6. The van der Waals surface area contributed by atoms with Gasteiger partial charge in [0, 0.05) is 18.0 Å². The van der Waals surface area contributed by atoms with Crippen LogP contribution in [0.25, 0.3) is 0 Å². The summed E-state index contributed by atoms with van der Waals surface area (Å²) in [6, 6.07) is 10.6. The van der Waals surface area contributed by atoms with Gasteiger partial charge in [-0.1, -0.05) is 24.3 Å². The number of carbonyl (C=O) groups is 1. The Morgan fingerprint density at radius 3 is 2.53 bits per heavy atom. The quantitative estimate of drug-likeness (QED) is 0.622. The van der Waals surface area contributed by atoms with Crippen LogP contribution in [-0.2, 0) is 0 Å². The highest BCUT2D eigenvalue weighted by Gasteiger charge is 2.47. The van der Waals surface area contributed by atoms with Crippen LogP contribution in [0.3, 0.4) is 0 Å². The second kappa shape index (κ2) is 7.65. The van der Waals surface area contributed by atoms with Crippen molar-refractivity contribution in [1.82, 2.24) is 14.7 Å². The van der Waals surface area contributed by atoms with Gasteiger partial charge in [0.05, 0.1) is 18.3 Å². The molecule has 1 saturated heterocycles. The van der Waals surface area contributed by atoms with Crippen LogP contribution in [0, 0.1) is 25.5 Å². The average Bonchev–Trinajstić information content (AvgIpc) is 3.27. The van der Waals surface area contributed by atoms with E-state index in [0.717, 1.165) is 24.0 Å². The molecule has 164 valence electrons. The number of carbonyl (C=O) groups excluding carboxylic acids is 1. The molecule has 2 aliphatic rings. The molecule has 0 unspecified atom stereocenters. The Kier molecular flexibility index (Phi) is 4.92. The highest BCUT2D eigenvalue weighted by Crippen LogP contribution is 2.46. The van der Waals surface area contributed by atoms with E-state index in [-0.39, 0.29) is 40.7 Å². The normalized spacial score (nSPS) is 20.8. The second-order valence-electron chi connectivity index (χ2n) is 8.61. The number of aromatic nitrogens is 2. The van der Waals surface area contributed by atoms with Crippen LogP contribution in [0.5, 0.6) is 0 Å². The molecule has 32 heavy (non-hydrogen) atoms. The van der Waals surface area contributed by atoms with Crippen LogP contribution in [0.2, 0.25) is 0 Å². The summed E-state index contributed by atoms with van der Waals surface area (Å²) in [6.45, 7) is 3.97.